The molecule has 5 rings (SSSR count). The number of benzene rings is 2. The van der Waals surface area contributed by atoms with Gasteiger partial charge in [-0.1, -0.05) is 23.7 Å². The van der Waals surface area contributed by atoms with E-state index in [0.717, 1.165) is 35.4 Å². The zero-order valence-electron chi connectivity index (χ0n) is 22.0. The molecule has 2 aromatic heterocycles. The van der Waals surface area contributed by atoms with Crippen LogP contribution in [-0.4, -0.2) is 51.1 Å². The number of pyridine rings is 1. The summed E-state index contributed by atoms with van der Waals surface area (Å²) in [5, 5.41) is 12.1. The number of amides is 2. The molecule has 0 bridgehead atoms. The number of halogens is 1. The Morgan fingerprint density at radius 2 is 2.00 bits per heavy atom. The topological polar surface area (TPSA) is 118 Å². The molecule has 1 atom stereocenters. The van der Waals surface area contributed by atoms with Crippen molar-refractivity contribution in [2.24, 2.45) is 0 Å². The van der Waals surface area contributed by atoms with E-state index in [2.05, 4.69) is 15.3 Å². The van der Waals surface area contributed by atoms with Crippen LogP contribution in [0.2, 0.25) is 5.02 Å². The molecule has 3 heterocycles. The first kappa shape index (κ1) is 27.2. The van der Waals surface area contributed by atoms with Gasteiger partial charge in [0, 0.05) is 42.3 Å². The molecule has 0 unspecified atom stereocenters. The van der Waals surface area contributed by atoms with Crippen LogP contribution in [-0.2, 0) is 13.0 Å². The molecule has 1 fully saturated rings. The summed E-state index contributed by atoms with van der Waals surface area (Å²) in [5.74, 6) is 1.88. The molecule has 0 spiro atoms. The minimum absolute atomic E-state index is 0.161. The van der Waals surface area contributed by atoms with Gasteiger partial charge >= 0.3 is 6.09 Å². The minimum atomic E-state index is -1.08. The average molecular weight is 561 g/mol. The maximum absolute atomic E-state index is 12.9. The van der Waals surface area contributed by atoms with Crippen molar-refractivity contribution in [3.63, 3.8) is 0 Å². The van der Waals surface area contributed by atoms with Gasteiger partial charge in [0.1, 0.15) is 23.8 Å². The zero-order valence-corrected chi connectivity index (χ0v) is 22.7. The predicted molar refractivity (Wildman–Crippen MR) is 150 cm³/mol. The Balaban J connectivity index is 1.16. The van der Waals surface area contributed by atoms with Gasteiger partial charge < -0.3 is 24.5 Å². The fourth-order valence-electron chi connectivity index (χ4n) is 4.76. The number of carboxylic acid groups (broad SMARTS) is 1. The number of carbonyl (C=O) groups excluding carboxylic acids is 1. The number of nitrogens with one attached hydrogen (secondary N) is 1. The second kappa shape index (κ2) is 12.2. The number of carbonyl (C=O) groups is 2. The summed E-state index contributed by atoms with van der Waals surface area (Å²) in [6, 6.07) is 18.5. The van der Waals surface area contributed by atoms with Crippen molar-refractivity contribution in [2.75, 3.05) is 13.1 Å². The van der Waals surface area contributed by atoms with Crippen molar-refractivity contribution in [3.8, 4) is 17.0 Å². The van der Waals surface area contributed by atoms with Crippen molar-refractivity contribution >= 4 is 23.6 Å². The van der Waals surface area contributed by atoms with Crippen LogP contribution in [0.5, 0.6) is 5.75 Å². The first-order valence-electron chi connectivity index (χ1n) is 13.0. The number of hydrogen-bond donors (Lipinski definition) is 2. The number of likely N-dealkylation sites (tertiary alicyclic amines) is 1. The summed E-state index contributed by atoms with van der Waals surface area (Å²) in [6.07, 6.45) is 2.48. The quantitative estimate of drug-likeness (QED) is 0.282. The smallest absolute Gasteiger partial charge is 0.404 e. The highest BCUT2D eigenvalue weighted by Crippen LogP contribution is 2.27. The molecule has 4 aromatic rings. The molecule has 40 heavy (non-hydrogen) atoms. The van der Waals surface area contributed by atoms with Gasteiger partial charge in [-0.3, -0.25) is 9.78 Å². The molecule has 1 saturated heterocycles. The molecule has 2 N–H and O–H groups in total. The van der Waals surface area contributed by atoms with Gasteiger partial charge in [-0.15, -0.1) is 0 Å². The Morgan fingerprint density at radius 3 is 2.73 bits per heavy atom. The van der Waals surface area contributed by atoms with Gasteiger partial charge in [0.15, 0.2) is 5.89 Å². The van der Waals surface area contributed by atoms with E-state index < -0.39 is 6.09 Å². The lowest BCUT2D eigenvalue weighted by atomic mass is 10.0. The second-order valence-electron chi connectivity index (χ2n) is 9.71. The number of ether oxygens (including phenoxy) is 1. The van der Waals surface area contributed by atoms with Crippen molar-refractivity contribution in [1.29, 1.82) is 0 Å². The number of aryl methyl sites for hydroxylation is 1. The first-order valence-corrected chi connectivity index (χ1v) is 13.4. The third kappa shape index (κ3) is 6.79. The van der Waals surface area contributed by atoms with E-state index in [1.165, 1.54) is 6.20 Å². The molecular formula is C30H29ClN4O5. The SMILES string of the molecule is Cc1oc(Cc2cccc(Cl)c2)nc1-c1ccc(OCc2ccc(C(=O)N3CCC[C@H](NC(=O)O)C3)cn2)cc1. The zero-order chi connectivity index (χ0) is 28.1. The highest BCUT2D eigenvalue weighted by atomic mass is 35.5. The minimum Gasteiger partial charge on any atom is -0.487 e. The van der Waals surface area contributed by atoms with E-state index in [1.54, 1.807) is 17.0 Å². The van der Waals surface area contributed by atoms with Gasteiger partial charge in [-0.25, -0.2) is 9.78 Å². The third-order valence-electron chi connectivity index (χ3n) is 6.71. The lowest BCUT2D eigenvalue weighted by Gasteiger charge is -2.32. The van der Waals surface area contributed by atoms with Crippen LogP contribution in [0.15, 0.2) is 71.3 Å². The Bertz CT molecular complexity index is 1490. The number of hydrogen-bond acceptors (Lipinski definition) is 6. The first-order chi connectivity index (χ1) is 19.3. The molecule has 2 amide bonds. The van der Waals surface area contributed by atoms with E-state index in [1.807, 2.05) is 55.5 Å². The summed E-state index contributed by atoms with van der Waals surface area (Å²) >= 11 is 6.09. The van der Waals surface area contributed by atoms with Crippen LogP contribution in [0, 0.1) is 6.92 Å². The molecule has 206 valence electrons. The number of oxazole rings is 1. The monoisotopic (exact) mass is 560 g/mol. The normalized spacial score (nSPS) is 15.1. The van der Waals surface area contributed by atoms with Crippen LogP contribution < -0.4 is 10.1 Å². The molecule has 2 aromatic carbocycles. The molecule has 0 saturated carbocycles. The molecule has 10 heteroatoms. The number of nitrogens with zero attached hydrogens (tertiary/aromatic N) is 3. The summed E-state index contributed by atoms with van der Waals surface area (Å²) < 4.78 is 11.8. The predicted octanol–water partition coefficient (Wildman–Crippen LogP) is 5.74. The van der Waals surface area contributed by atoms with Gasteiger partial charge in [0.2, 0.25) is 0 Å². The van der Waals surface area contributed by atoms with E-state index in [4.69, 9.17) is 25.9 Å². The van der Waals surface area contributed by atoms with Crippen molar-refractivity contribution in [3.05, 3.63) is 100 Å². The summed E-state index contributed by atoms with van der Waals surface area (Å²) in [6.45, 7) is 3.08. The maximum atomic E-state index is 12.9. The highest BCUT2D eigenvalue weighted by Gasteiger charge is 2.25. The van der Waals surface area contributed by atoms with E-state index in [9.17, 15) is 9.59 Å². The Kier molecular flexibility index (Phi) is 8.31. The lowest BCUT2D eigenvalue weighted by Crippen LogP contribution is -2.49. The standard InChI is InChI=1S/C30H29ClN4O5/c1-19-28(34-27(40-19)15-20-4-2-5-23(31)14-20)21-8-11-26(12-9-21)39-18-25-10-7-22(16-32-25)29(36)35-13-3-6-24(17-35)33-30(37)38/h2,4-5,7-12,14,16,24,33H,3,6,13,15,17-18H2,1H3,(H,37,38)/t24-/m0/s1. The Labute approximate surface area is 236 Å². The van der Waals surface area contributed by atoms with Crippen molar-refractivity contribution < 1.29 is 23.8 Å². The fourth-order valence-corrected chi connectivity index (χ4v) is 4.97. The maximum Gasteiger partial charge on any atom is 0.404 e. The molecule has 0 aliphatic carbocycles. The van der Waals surface area contributed by atoms with Crippen molar-refractivity contribution in [1.82, 2.24) is 20.2 Å². The summed E-state index contributed by atoms with van der Waals surface area (Å²) in [4.78, 5) is 34.5. The van der Waals surface area contributed by atoms with Gasteiger partial charge in [0.05, 0.1) is 11.3 Å². The Morgan fingerprint density at radius 1 is 1.18 bits per heavy atom. The van der Waals surface area contributed by atoms with Crippen LogP contribution in [0.3, 0.4) is 0 Å². The van der Waals surface area contributed by atoms with Gasteiger partial charge in [-0.05, 0) is 73.9 Å². The lowest BCUT2D eigenvalue weighted by molar-refractivity contribution is 0.0691. The van der Waals surface area contributed by atoms with Gasteiger partial charge in [0.25, 0.3) is 5.91 Å². The average Bonchev–Trinajstić information content (AvgIpc) is 3.31. The Hall–Kier alpha value is -4.37. The van der Waals surface area contributed by atoms with E-state index in [-0.39, 0.29) is 18.6 Å². The second-order valence-corrected chi connectivity index (χ2v) is 10.1. The molecule has 0 radical (unpaired) electrons. The van der Waals surface area contributed by atoms with E-state index >= 15 is 0 Å². The van der Waals surface area contributed by atoms with Crippen LogP contribution in [0.1, 0.15) is 46.1 Å². The van der Waals surface area contributed by atoms with E-state index in [0.29, 0.717) is 47.4 Å². The highest BCUT2D eigenvalue weighted by molar-refractivity contribution is 6.30. The fraction of sp³-hybridized carbons (Fsp3) is 0.267. The summed E-state index contributed by atoms with van der Waals surface area (Å²) in [7, 11) is 0. The third-order valence-corrected chi connectivity index (χ3v) is 6.94. The van der Waals surface area contributed by atoms with Crippen LogP contribution in [0.25, 0.3) is 11.3 Å². The molecule has 1 aliphatic rings. The molecule has 1 aliphatic heterocycles. The number of piperidine rings is 1. The molecule has 9 nitrogen and oxygen atoms in total. The van der Waals surface area contributed by atoms with Gasteiger partial charge in [-0.2, -0.15) is 0 Å². The summed E-state index contributed by atoms with van der Waals surface area (Å²) in [5.41, 5.74) is 3.88. The number of aromatic nitrogens is 2. The van der Waals surface area contributed by atoms with Crippen molar-refractivity contribution in [2.45, 2.75) is 38.8 Å². The van der Waals surface area contributed by atoms with Crippen LogP contribution in [0.4, 0.5) is 4.79 Å². The van der Waals surface area contributed by atoms with Crippen LogP contribution >= 0.6 is 11.6 Å². The number of rotatable bonds is 8. The molecular weight excluding hydrogens is 532 g/mol. The largest absolute Gasteiger partial charge is 0.487 e.